The normalized spacial score (nSPS) is 19.9. The van der Waals surface area contributed by atoms with E-state index in [1.54, 1.807) is 0 Å². The van der Waals surface area contributed by atoms with E-state index in [9.17, 15) is 4.21 Å². The average Bonchev–Trinajstić information content (AvgIpc) is 2.08. The van der Waals surface area contributed by atoms with Crippen molar-refractivity contribution >= 4 is 10.8 Å². The maximum atomic E-state index is 11.0. The molecule has 0 aromatic rings. The lowest BCUT2D eigenvalue weighted by Gasteiger charge is -2.23. The fourth-order valence-corrected chi connectivity index (χ4v) is 2.32. The van der Waals surface area contributed by atoms with Gasteiger partial charge < -0.3 is 0 Å². The highest BCUT2D eigenvalue weighted by Crippen LogP contribution is 1.98. The molecule has 0 spiro atoms. The Balaban J connectivity index is 2.24. The van der Waals surface area contributed by atoms with Crippen LogP contribution in [0.4, 0.5) is 0 Å². The lowest BCUT2D eigenvalue weighted by atomic mass is 10.2. The number of hydrogen-bond acceptors (Lipinski definition) is 2. The monoisotopic (exact) mass is 199 g/mol. The van der Waals surface area contributed by atoms with Crippen LogP contribution in [-0.4, -0.2) is 40.2 Å². The zero-order chi connectivity index (χ0) is 9.68. The Morgan fingerprint density at radius 2 is 2.00 bits per heavy atom. The van der Waals surface area contributed by atoms with Crippen molar-refractivity contribution in [1.82, 2.24) is 4.90 Å². The third-order valence-electron chi connectivity index (χ3n) is 1.96. The van der Waals surface area contributed by atoms with Gasteiger partial charge in [-0.25, -0.2) is 0 Å². The molecule has 1 aliphatic rings. The van der Waals surface area contributed by atoms with Gasteiger partial charge in [-0.1, -0.05) is 25.7 Å². The predicted octanol–water partition coefficient (Wildman–Crippen LogP) is 0.710. The molecule has 0 aromatic heterocycles. The van der Waals surface area contributed by atoms with Crippen LogP contribution in [0.1, 0.15) is 13.8 Å². The summed E-state index contributed by atoms with van der Waals surface area (Å²) in [7, 11) is -0.565. The fourth-order valence-electron chi connectivity index (χ4n) is 1.20. The largest absolute Gasteiger partial charge is 0.291 e. The van der Waals surface area contributed by atoms with Gasteiger partial charge in [0.2, 0.25) is 0 Å². The molecule has 3 heteroatoms. The highest BCUT2D eigenvalue weighted by molar-refractivity contribution is 7.85. The quantitative estimate of drug-likeness (QED) is 0.580. The van der Waals surface area contributed by atoms with E-state index in [-0.39, 0.29) is 0 Å². The van der Waals surface area contributed by atoms with E-state index in [2.05, 4.69) is 30.6 Å². The van der Waals surface area contributed by atoms with E-state index in [0.717, 1.165) is 31.1 Å². The molecular formula is C10H17NOS. The first-order valence-electron chi connectivity index (χ1n) is 4.74. The molecule has 1 fully saturated rings. The third kappa shape index (κ3) is 4.44. The molecule has 0 aliphatic carbocycles. The summed E-state index contributed by atoms with van der Waals surface area (Å²) < 4.78 is 11.0. The van der Waals surface area contributed by atoms with Gasteiger partial charge >= 0.3 is 0 Å². The molecule has 1 heterocycles. The smallest absolute Gasteiger partial charge is 0.0602 e. The Morgan fingerprint density at radius 3 is 2.54 bits per heavy atom. The van der Waals surface area contributed by atoms with Crippen LogP contribution in [-0.2, 0) is 10.8 Å². The van der Waals surface area contributed by atoms with Crippen LogP contribution in [0.2, 0.25) is 0 Å². The van der Waals surface area contributed by atoms with Crippen LogP contribution in [0.5, 0.6) is 0 Å². The van der Waals surface area contributed by atoms with E-state index in [0.29, 0.717) is 5.92 Å². The van der Waals surface area contributed by atoms with Crippen molar-refractivity contribution < 1.29 is 4.21 Å². The highest BCUT2D eigenvalue weighted by Gasteiger charge is 2.13. The van der Waals surface area contributed by atoms with Gasteiger partial charge in [0.15, 0.2) is 0 Å². The minimum Gasteiger partial charge on any atom is -0.291 e. The first kappa shape index (κ1) is 10.7. The van der Waals surface area contributed by atoms with Gasteiger partial charge in [0.25, 0.3) is 0 Å². The van der Waals surface area contributed by atoms with Crippen molar-refractivity contribution in [2.24, 2.45) is 5.92 Å². The summed E-state index contributed by atoms with van der Waals surface area (Å²) in [6, 6.07) is 0. The van der Waals surface area contributed by atoms with Crippen LogP contribution >= 0.6 is 0 Å². The van der Waals surface area contributed by atoms with Gasteiger partial charge in [-0.2, -0.15) is 0 Å². The first-order chi connectivity index (χ1) is 6.18. The molecule has 0 atom stereocenters. The van der Waals surface area contributed by atoms with Gasteiger partial charge in [0, 0.05) is 41.3 Å². The van der Waals surface area contributed by atoms with E-state index in [1.165, 1.54) is 0 Å². The van der Waals surface area contributed by atoms with Gasteiger partial charge in [0.1, 0.15) is 0 Å². The minimum absolute atomic E-state index is 0.457. The van der Waals surface area contributed by atoms with E-state index >= 15 is 0 Å². The van der Waals surface area contributed by atoms with Crippen LogP contribution in [0.3, 0.4) is 0 Å². The van der Waals surface area contributed by atoms with Gasteiger partial charge in [-0.05, 0) is 0 Å². The molecule has 13 heavy (non-hydrogen) atoms. The van der Waals surface area contributed by atoms with E-state index in [1.807, 2.05) is 0 Å². The van der Waals surface area contributed by atoms with Crippen molar-refractivity contribution in [3.8, 4) is 11.8 Å². The Morgan fingerprint density at radius 1 is 1.38 bits per heavy atom. The molecule has 1 saturated heterocycles. The molecular weight excluding hydrogens is 182 g/mol. The van der Waals surface area contributed by atoms with Crippen molar-refractivity contribution in [3.63, 3.8) is 0 Å². The molecule has 0 amide bonds. The van der Waals surface area contributed by atoms with Crippen LogP contribution < -0.4 is 0 Å². The fraction of sp³-hybridized carbons (Fsp3) is 0.800. The standard InChI is InChI=1S/C10H17NOS/c1-10(2)4-3-5-11-6-8-13(12)9-7-11/h10H,5-9H2,1-2H3. The maximum Gasteiger partial charge on any atom is 0.0602 e. The summed E-state index contributed by atoms with van der Waals surface area (Å²) in [4.78, 5) is 2.27. The Bertz CT molecular complexity index is 229. The molecule has 0 unspecified atom stereocenters. The van der Waals surface area contributed by atoms with Crippen molar-refractivity contribution in [1.29, 1.82) is 0 Å². The zero-order valence-electron chi connectivity index (χ0n) is 8.38. The number of rotatable bonds is 1. The van der Waals surface area contributed by atoms with Crippen molar-refractivity contribution in [3.05, 3.63) is 0 Å². The SMILES string of the molecule is CC(C)C#CCN1CCS(=O)CC1. The minimum atomic E-state index is -0.565. The molecule has 0 aromatic carbocycles. The van der Waals surface area contributed by atoms with Crippen LogP contribution in [0.15, 0.2) is 0 Å². The Labute approximate surface area is 83.2 Å². The van der Waals surface area contributed by atoms with Crippen LogP contribution in [0.25, 0.3) is 0 Å². The molecule has 0 bridgehead atoms. The van der Waals surface area contributed by atoms with Crippen molar-refractivity contribution in [2.75, 3.05) is 31.1 Å². The average molecular weight is 199 g/mol. The van der Waals surface area contributed by atoms with Gasteiger partial charge in [-0.15, -0.1) is 0 Å². The topological polar surface area (TPSA) is 20.3 Å². The summed E-state index contributed by atoms with van der Waals surface area (Å²) in [6.45, 7) is 6.92. The molecule has 0 saturated carbocycles. The molecule has 0 N–H and O–H groups in total. The molecule has 2 nitrogen and oxygen atoms in total. The highest BCUT2D eigenvalue weighted by atomic mass is 32.2. The molecule has 74 valence electrons. The molecule has 0 radical (unpaired) electrons. The molecule has 1 rings (SSSR count). The predicted molar refractivity (Wildman–Crippen MR) is 56.9 cm³/mol. The second kappa shape index (κ2) is 5.41. The summed E-state index contributed by atoms with van der Waals surface area (Å²) in [5, 5.41) is 0. The first-order valence-corrected chi connectivity index (χ1v) is 6.23. The summed E-state index contributed by atoms with van der Waals surface area (Å²) in [6.07, 6.45) is 0. The second-order valence-electron chi connectivity index (χ2n) is 3.60. The summed E-state index contributed by atoms with van der Waals surface area (Å²) in [5.41, 5.74) is 0. The summed E-state index contributed by atoms with van der Waals surface area (Å²) in [5.74, 6) is 8.39. The van der Waals surface area contributed by atoms with E-state index < -0.39 is 10.8 Å². The van der Waals surface area contributed by atoms with Crippen molar-refractivity contribution in [2.45, 2.75) is 13.8 Å². The number of hydrogen-bond donors (Lipinski definition) is 0. The lowest BCUT2D eigenvalue weighted by molar-refractivity contribution is 0.337. The van der Waals surface area contributed by atoms with Crippen LogP contribution in [0, 0.1) is 17.8 Å². The third-order valence-corrected chi connectivity index (χ3v) is 3.24. The Kier molecular flexibility index (Phi) is 4.47. The maximum absolute atomic E-state index is 11.0. The Hall–Kier alpha value is -0.330. The number of nitrogens with zero attached hydrogens (tertiary/aromatic N) is 1. The second-order valence-corrected chi connectivity index (χ2v) is 5.30. The molecule has 1 aliphatic heterocycles. The van der Waals surface area contributed by atoms with E-state index in [4.69, 9.17) is 0 Å². The lowest BCUT2D eigenvalue weighted by Crippen LogP contribution is -2.37. The van der Waals surface area contributed by atoms with Gasteiger partial charge in [0.05, 0.1) is 6.54 Å². The summed E-state index contributed by atoms with van der Waals surface area (Å²) >= 11 is 0. The van der Waals surface area contributed by atoms with Gasteiger partial charge in [-0.3, -0.25) is 9.11 Å². The zero-order valence-corrected chi connectivity index (χ0v) is 9.19.